The van der Waals surface area contributed by atoms with Crippen molar-refractivity contribution in [2.75, 3.05) is 0 Å². The fourth-order valence-electron chi connectivity index (χ4n) is 7.84. The van der Waals surface area contributed by atoms with Gasteiger partial charge in [-0.15, -0.1) is 0 Å². The zero-order valence-electron chi connectivity index (χ0n) is 23.6. The van der Waals surface area contributed by atoms with Crippen LogP contribution in [-0.2, 0) is 4.52 Å². The second-order valence-electron chi connectivity index (χ2n) is 11.6. The van der Waals surface area contributed by atoms with Crippen molar-refractivity contribution in [3.8, 4) is 0 Å². The fraction of sp³-hybridized carbons (Fsp3) is 0.0244. The van der Waals surface area contributed by atoms with Gasteiger partial charge in [0.2, 0.25) is 0 Å². The van der Waals surface area contributed by atoms with Crippen molar-refractivity contribution in [1.82, 2.24) is 0 Å². The van der Waals surface area contributed by atoms with E-state index in [0.717, 1.165) is 0 Å². The van der Waals surface area contributed by atoms with Crippen molar-refractivity contribution < 1.29 is 4.52 Å². The van der Waals surface area contributed by atoms with E-state index in [1.54, 1.807) is 0 Å². The summed E-state index contributed by atoms with van der Waals surface area (Å²) in [5, 5.41) is 12.6. The van der Waals surface area contributed by atoms with Crippen molar-refractivity contribution in [2.45, 2.75) is 6.10 Å². The Kier molecular flexibility index (Phi) is 5.24. The maximum atomic E-state index is 8.11. The molecule has 9 rings (SSSR count). The average molecular weight is 569 g/mol. The van der Waals surface area contributed by atoms with Crippen LogP contribution in [0.25, 0.3) is 32.3 Å². The Bertz CT molecular complexity index is 2180. The molecule has 0 fully saturated rings. The van der Waals surface area contributed by atoms with E-state index in [-0.39, 0.29) is 6.10 Å². The molecular formula is C41H29OP. The quantitative estimate of drug-likeness (QED) is 0.152. The van der Waals surface area contributed by atoms with E-state index in [9.17, 15) is 0 Å². The molecular weight excluding hydrogens is 539 g/mol. The summed E-state index contributed by atoms with van der Waals surface area (Å²) in [6, 6.07) is 62.2. The third kappa shape index (κ3) is 3.14. The molecule has 204 valence electrons. The monoisotopic (exact) mass is 568 g/mol. The topological polar surface area (TPSA) is 9.23 Å². The van der Waals surface area contributed by atoms with Crippen LogP contribution in [-0.4, -0.2) is 0 Å². The summed E-state index contributed by atoms with van der Waals surface area (Å²) in [7, 11) is 0. The van der Waals surface area contributed by atoms with Crippen LogP contribution in [0.1, 0.15) is 17.2 Å². The van der Waals surface area contributed by atoms with E-state index in [1.165, 1.54) is 64.7 Å². The average Bonchev–Trinajstić information content (AvgIpc) is 3.42. The van der Waals surface area contributed by atoms with Crippen LogP contribution in [0.15, 0.2) is 170 Å². The van der Waals surface area contributed by atoms with Crippen LogP contribution in [0, 0.1) is 0 Å². The Morgan fingerprint density at radius 1 is 0.395 bits per heavy atom. The number of hydrogen-bond donors (Lipinski definition) is 0. The van der Waals surface area contributed by atoms with Crippen molar-refractivity contribution in [3.05, 3.63) is 181 Å². The van der Waals surface area contributed by atoms with Crippen molar-refractivity contribution in [1.29, 1.82) is 0 Å². The second kappa shape index (κ2) is 9.09. The molecule has 0 aromatic heterocycles. The van der Waals surface area contributed by atoms with E-state index >= 15 is 0 Å². The van der Waals surface area contributed by atoms with Gasteiger partial charge in [0, 0.05) is 0 Å². The molecule has 0 saturated carbocycles. The number of hydrogen-bond acceptors (Lipinski definition) is 1. The molecule has 1 aliphatic rings. The first-order chi connectivity index (χ1) is 21.3. The van der Waals surface area contributed by atoms with Crippen molar-refractivity contribution >= 4 is 60.4 Å². The van der Waals surface area contributed by atoms with Gasteiger partial charge in [-0.2, -0.15) is 0 Å². The summed E-state index contributed by atoms with van der Waals surface area (Å²) in [6.45, 7) is -3.69. The van der Waals surface area contributed by atoms with Crippen LogP contribution in [0.5, 0.6) is 0 Å². The zero-order chi connectivity index (χ0) is 28.5. The molecule has 1 aliphatic heterocycles. The molecule has 8 aromatic carbocycles. The summed E-state index contributed by atoms with van der Waals surface area (Å²) >= 11 is 0. The molecule has 1 atom stereocenters. The van der Waals surface area contributed by atoms with Gasteiger partial charge in [0.15, 0.2) is 0 Å². The molecule has 0 spiro atoms. The second-order valence-corrected chi connectivity index (χ2v) is 15.9. The summed E-state index contributed by atoms with van der Waals surface area (Å²) in [6.07, 6.45) is -0.260. The van der Waals surface area contributed by atoms with Crippen LogP contribution in [0.3, 0.4) is 0 Å². The Morgan fingerprint density at radius 2 is 0.907 bits per heavy atom. The minimum atomic E-state index is -3.69. The fourth-order valence-corrected chi connectivity index (χ4v) is 14.0. The van der Waals surface area contributed by atoms with Gasteiger partial charge in [0.25, 0.3) is 0 Å². The van der Waals surface area contributed by atoms with Gasteiger partial charge in [-0.3, -0.25) is 0 Å². The number of rotatable bonds is 4. The maximum absolute atomic E-state index is 8.11. The zero-order valence-corrected chi connectivity index (χ0v) is 24.5. The first-order valence-corrected chi connectivity index (χ1v) is 17.1. The predicted octanol–water partition coefficient (Wildman–Crippen LogP) is 8.77. The van der Waals surface area contributed by atoms with E-state index < -0.39 is 6.83 Å². The molecule has 0 radical (unpaired) electrons. The molecule has 1 nitrogen and oxygen atoms in total. The summed E-state index contributed by atoms with van der Waals surface area (Å²) in [5.74, 6) is 0. The Balaban J connectivity index is 1.46. The van der Waals surface area contributed by atoms with Crippen molar-refractivity contribution in [2.24, 2.45) is 0 Å². The molecule has 2 heteroatoms. The van der Waals surface area contributed by atoms with E-state index in [4.69, 9.17) is 4.52 Å². The van der Waals surface area contributed by atoms with Crippen LogP contribution >= 0.6 is 6.83 Å². The van der Waals surface area contributed by atoms with Crippen LogP contribution in [0.2, 0.25) is 0 Å². The number of fused-ring (bicyclic) bond motifs is 1. The van der Waals surface area contributed by atoms with Gasteiger partial charge in [0.1, 0.15) is 0 Å². The minimum absolute atomic E-state index is 0.260. The Morgan fingerprint density at radius 3 is 1.53 bits per heavy atom. The molecule has 0 saturated heterocycles. The van der Waals surface area contributed by atoms with Gasteiger partial charge < -0.3 is 0 Å². The summed E-state index contributed by atoms with van der Waals surface area (Å²) < 4.78 is 8.11. The van der Waals surface area contributed by atoms with E-state index in [1.807, 2.05) is 0 Å². The normalized spacial score (nSPS) is 18.0. The standard InChI is InChI=1S/C41H29OP/c1-4-17-32(18-5-1)43(33-19-6-2-7-20-33,34-21-8-3-9-22-34)38-25-11-10-23-36(38)41(42-43)37-28-31-16-12-14-29-26-27-30-15-13-24-35(37)40(30)39(29)31/h1-28,41H. The van der Waals surface area contributed by atoms with Gasteiger partial charge in [-0.25, -0.2) is 0 Å². The molecule has 0 amide bonds. The first kappa shape index (κ1) is 24.8. The number of benzene rings is 8. The van der Waals surface area contributed by atoms with E-state index in [2.05, 4.69) is 170 Å². The Labute approximate surface area is 251 Å². The molecule has 0 N–H and O–H groups in total. The third-order valence-corrected chi connectivity index (χ3v) is 15.4. The van der Waals surface area contributed by atoms with Crippen LogP contribution in [0.4, 0.5) is 0 Å². The first-order valence-electron chi connectivity index (χ1n) is 14.9. The summed E-state index contributed by atoms with van der Waals surface area (Å²) in [5.41, 5.74) is 2.46. The molecule has 1 unspecified atom stereocenters. The third-order valence-electron chi connectivity index (χ3n) is 9.56. The predicted molar refractivity (Wildman–Crippen MR) is 184 cm³/mol. The SMILES string of the molecule is c1ccc(P2(c3ccccc3)(c3ccccc3)OC(c3cc4cccc5ccc6cccc3c6c54)c3ccccc32)cc1. The van der Waals surface area contributed by atoms with E-state index in [0.29, 0.717) is 0 Å². The molecule has 8 aromatic rings. The van der Waals surface area contributed by atoms with Crippen LogP contribution < -0.4 is 21.2 Å². The molecule has 43 heavy (non-hydrogen) atoms. The van der Waals surface area contributed by atoms with Gasteiger partial charge in [0.05, 0.1) is 0 Å². The van der Waals surface area contributed by atoms with Gasteiger partial charge in [-0.1, -0.05) is 0 Å². The molecule has 1 heterocycles. The van der Waals surface area contributed by atoms with Gasteiger partial charge in [-0.05, 0) is 0 Å². The van der Waals surface area contributed by atoms with Gasteiger partial charge >= 0.3 is 252 Å². The Hall–Kier alpha value is -4.81. The van der Waals surface area contributed by atoms with Crippen molar-refractivity contribution in [3.63, 3.8) is 0 Å². The molecule has 0 bridgehead atoms. The summed E-state index contributed by atoms with van der Waals surface area (Å²) in [4.78, 5) is 0. The molecule has 0 aliphatic carbocycles.